The smallest absolute Gasteiger partial charge is 0.162 e. The van der Waals surface area contributed by atoms with E-state index in [1.165, 1.54) is 0 Å². The van der Waals surface area contributed by atoms with Gasteiger partial charge in [-0.15, -0.1) is 0 Å². The Hall–Kier alpha value is -2.73. The summed E-state index contributed by atoms with van der Waals surface area (Å²) >= 11 is 0. The highest BCUT2D eigenvalue weighted by atomic mass is 16.5. The topological polar surface area (TPSA) is 42.2 Å². The third-order valence-electron chi connectivity index (χ3n) is 2.93. The molecular formula is C17H15NO2. The van der Waals surface area contributed by atoms with Gasteiger partial charge in [0.25, 0.3) is 0 Å². The number of methoxy groups -OCH3 is 2. The van der Waals surface area contributed by atoms with E-state index >= 15 is 0 Å². The number of rotatable bonds is 4. The predicted octanol–water partition coefficient (Wildman–Crippen LogP) is 3.75. The second-order valence-electron chi connectivity index (χ2n) is 4.15. The Bertz CT molecular complexity index is 655. The van der Waals surface area contributed by atoms with Crippen LogP contribution >= 0.6 is 0 Å². The van der Waals surface area contributed by atoms with Gasteiger partial charge in [-0.1, -0.05) is 42.5 Å². The fourth-order valence-corrected chi connectivity index (χ4v) is 1.88. The van der Waals surface area contributed by atoms with E-state index < -0.39 is 0 Å². The molecule has 0 atom stereocenters. The molecule has 0 aliphatic rings. The molecule has 0 aromatic heterocycles. The minimum absolute atomic E-state index is 0.551. The van der Waals surface area contributed by atoms with Crippen LogP contribution in [-0.4, -0.2) is 14.2 Å². The summed E-state index contributed by atoms with van der Waals surface area (Å²) in [6.07, 6.45) is 3.86. The number of nitriles is 1. The van der Waals surface area contributed by atoms with Crippen LogP contribution in [0.5, 0.6) is 11.5 Å². The lowest BCUT2D eigenvalue weighted by Gasteiger charge is -2.09. The molecule has 0 saturated carbocycles. The van der Waals surface area contributed by atoms with E-state index in [9.17, 15) is 5.26 Å². The number of nitrogens with zero attached hydrogens (tertiary/aromatic N) is 1. The molecule has 0 aliphatic heterocycles. The minimum Gasteiger partial charge on any atom is -0.493 e. The van der Waals surface area contributed by atoms with Crippen molar-refractivity contribution in [3.8, 4) is 17.6 Å². The summed E-state index contributed by atoms with van der Waals surface area (Å²) in [6, 6.07) is 15.6. The van der Waals surface area contributed by atoms with Crippen LogP contribution in [0.15, 0.2) is 42.5 Å². The average Bonchev–Trinajstić information content (AvgIpc) is 2.52. The molecule has 0 bridgehead atoms. The summed E-state index contributed by atoms with van der Waals surface area (Å²) in [4.78, 5) is 0. The zero-order valence-corrected chi connectivity index (χ0v) is 11.5. The maximum absolute atomic E-state index is 9.22. The maximum atomic E-state index is 9.22. The molecule has 0 spiro atoms. The van der Waals surface area contributed by atoms with Crippen LogP contribution in [0.3, 0.4) is 0 Å². The number of benzene rings is 2. The summed E-state index contributed by atoms with van der Waals surface area (Å²) in [6.45, 7) is 0. The van der Waals surface area contributed by atoms with Gasteiger partial charge in [-0.2, -0.15) is 5.26 Å². The Morgan fingerprint density at radius 2 is 1.60 bits per heavy atom. The van der Waals surface area contributed by atoms with Gasteiger partial charge in [0, 0.05) is 6.07 Å². The Labute approximate surface area is 118 Å². The highest BCUT2D eigenvalue weighted by Gasteiger charge is 2.08. The first-order valence-electron chi connectivity index (χ1n) is 6.17. The minimum atomic E-state index is 0.551. The van der Waals surface area contributed by atoms with Gasteiger partial charge < -0.3 is 9.47 Å². The molecular weight excluding hydrogens is 250 g/mol. The van der Waals surface area contributed by atoms with E-state index in [-0.39, 0.29) is 0 Å². The van der Waals surface area contributed by atoms with Crippen molar-refractivity contribution >= 4 is 12.2 Å². The normalized spacial score (nSPS) is 10.2. The molecule has 2 aromatic rings. The van der Waals surface area contributed by atoms with Crippen molar-refractivity contribution in [3.63, 3.8) is 0 Å². The van der Waals surface area contributed by atoms with Gasteiger partial charge in [0.1, 0.15) is 0 Å². The zero-order chi connectivity index (χ0) is 14.4. The van der Waals surface area contributed by atoms with Crippen molar-refractivity contribution in [2.24, 2.45) is 0 Å². The van der Waals surface area contributed by atoms with Gasteiger partial charge in [0.05, 0.1) is 25.9 Å². The molecule has 3 nitrogen and oxygen atoms in total. The van der Waals surface area contributed by atoms with Gasteiger partial charge >= 0.3 is 0 Å². The van der Waals surface area contributed by atoms with Crippen molar-refractivity contribution in [1.82, 2.24) is 0 Å². The van der Waals surface area contributed by atoms with Crippen molar-refractivity contribution in [1.29, 1.82) is 5.26 Å². The summed E-state index contributed by atoms with van der Waals surface area (Å²) in [5.74, 6) is 1.17. The van der Waals surface area contributed by atoms with E-state index in [0.717, 1.165) is 11.1 Å². The third kappa shape index (κ3) is 2.99. The molecule has 0 amide bonds. The van der Waals surface area contributed by atoms with Gasteiger partial charge in [0.15, 0.2) is 11.5 Å². The predicted molar refractivity (Wildman–Crippen MR) is 79.6 cm³/mol. The van der Waals surface area contributed by atoms with Crippen LogP contribution in [0.4, 0.5) is 0 Å². The molecule has 0 N–H and O–H groups in total. The van der Waals surface area contributed by atoms with Crippen molar-refractivity contribution in [2.75, 3.05) is 14.2 Å². The Kier molecular flexibility index (Phi) is 4.41. The fourth-order valence-electron chi connectivity index (χ4n) is 1.88. The lowest BCUT2D eigenvalue weighted by atomic mass is 10.1. The van der Waals surface area contributed by atoms with Crippen LogP contribution in [-0.2, 0) is 0 Å². The first-order chi connectivity index (χ1) is 9.78. The summed E-state index contributed by atoms with van der Waals surface area (Å²) in [5.41, 5.74) is 2.43. The molecule has 0 heterocycles. The quantitative estimate of drug-likeness (QED) is 0.791. The average molecular weight is 265 g/mol. The van der Waals surface area contributed by atoms with Crippen LogP contribution in [0.25, 0.3) is 12.2 Å². The molecule has 0 aliphatic carbocycles. The number of hydrogen-bond acceptors (Lipinski definition) is 3. The van der Waals surface area contributed by atoms with Crippen molar-refractivity contribution in [2.45, 2.75) is 0 Å². The zero-order valence-electron chi connectivity index (χ0n) is 11.5. The molecule has 100 valence electrons. The fraction of sp³-hybridized carbons (Fsp3) is 0.118. The summed E-state index contributed by atoms with van der Waals surface area (Å²) in [5, 5.41) is 9.22. The second-order valence-corrected chi connectivity index (χ2v) is 4.15. The van der Waals surface area contributed by atoms with Crippen LogP contribution < -0.4 is 9.47 Å². The Morgan fingerprint density at radius 1 is 0.950 bits per heavy atom. The Morgan fingerprint density at radius 3 is 2.20 bits per heavy atom. The summed E-state index contributed by atoms with van der Waals surface area (Å²) in [7, 11) is 3.13. The van der Waals surface area contributed by atoms with E-state index in [0.29, 0.717) is 17.1 Å². The molecule has 3 heteroatoms. The van der Waals surface area contributed by atoms with E-state index in [2.05, 4.69) is 6.07 Å². The number of ether oxygens (including phenoxy) is 2. The largest absolute Gasteiger partial charge is 0.493 e. The summed E-state index contributed by atoms with van der Waals surface area (Å²) < 4.78 is 10.5. The first-order valence-corrected chi connectivity index (χ1v) is 6.17. The van der Waals surface area contributed by atoms with Crippen LogP contribution in [0.1, 0.15) is 16.7 Å². The van der Waals surface area contributed by atoms with Crippen LogP contribution in [0, 0.1) is 11.3 Å². The second kappa shape index (κ2) is 6.44. The lowest BCUT2D eigenvalue weighted by molar-refractivity contribution is 0.355. The van der Waals surface area contributed by atoms with Gasteiger partial charge in [-0.25, -0.2) is 0 Å². The van der Waals surface area contributed by atoms with Crippen LogP contribution in [0.2, 0.25) is 0 Å². The Balaban J connectivity index is 2.41. The van der Waals surface area contributed by atoms with Gasteiger partial charge in [-0.05, 0) is 17.2 Å². The molecule has 0 unspecified atom stereocenters. The monoisotopic (exact) mass is 265 g/mol. The van der Waals surface area contributed by atoms with Crippen molar-refractivity contribution in [3.05, 3.63) is 59.2 Å². The standard InChI is InChI=1S/C17H15NO2/c1-19-16-10-14(15(12-18)11-17(16)20-2)9-8-13-6-4-3-5-7-13/h3-11H,1-2H3/b9-8+. The van der Waals surface area contributed by atoms with Gasteiger partial charge in [-0.3, -0.25) is 0 Å². The third-order valence-corrected chi connectivity index (χ3v) is 2.93. The van der Waals surface area contributed by atoms with E-state index in [1.54, 1.807) is 26.4 Å². The molecule has 0 fully saturated rings. The van der Waals surface area contributed by atoms with E-state index in [1.807, 2.05) is 42.5 Å². The maximum Gasteiger partial charge on any atom is 0.162 e. The molecule has 0 radical (unpaired) electrons. The molecule has 2 aromatic carbocycles. The highest BCUT2D eigenvalue weighted by Crippen LogP contribution is 2.31. The highest BCUT2D eigenvalue weighted by molar-refractivity contribution is 5.74. The molecule has 0 saturated heterocycles. The molecule has 2 rings (SSSR count). The van der Waals surface area contributed by atoms with Crippen molar-refractivity contribution < 1.29 is 9.47 Å². The lowest BCUT2D eigenvalue weighted by Crippen LogP contribution is -1.93. The van der Waals surface area contributed by atoms with Gasteiger partial charge in [0.2, 0.25) is 0 Å². The van der Waals surface area contributed by atoms with E-state index in [4.69, 9.17) is 9.47 Å². The molecule has 20 heavy (non-hydrogen) atoms. The SMILES string of the molecule is COc1cc(C#N)c(/C=C/c2ccccc2)cc1OC. The first kappa shape index (κ1) is 13.7. The number of hydrogen-bond donors (Lipinski definition) is 0.